The van der Waals surface area contributed by atoms with Gasteiger partial charge in [-0.2, -0.15) is 5.26 Å². The van der Waals surface area contributed by atoms with Gasteiger partial charge in [0.1, 0.15) is 11.5 Å². The SMILES string of the molecule is CNC(C)c1ccc(Oc2cc(C#N)ccc2C)cc1Br. The van der Waals surface area contributed by atoms with Gasteiger partial charge in [-0.15, -0.1) is 0 Å². The van der Waals surface area contributed by atoms with E-state index in [4.69, 9.17) is 10.00 Å². The highest BCUT2D eigenvalue weighted by molar-refractivity contribution is 9.10. The van der Waals surface area contributed by atoms with Crippen LogP contribution in [0.3, 0.4) is 0 Å². The van der Waals surface area contributed by atoms with Crippen LogP contribution in [0.2, 0.25) is 0 Å². The molecule has 108 valence electrons. The number of nitriles is 1. The van der Waals surface area contributed by atoms with E-state index in [1.165, 1.54) is 5.56 Å². The van der Waals surface area contributed by atoms with E-state index in [9.17, 15) is 0 Å². The van der Waals surface area contributed by atoms with Crippen molar-refractivity contribution >= 4 is 15.9 Å². The first-order valence-electron chi connectivity index (χ1n) is 6.70. The Morgan fingerprint density at radius 3 is 2.62 bits per heavy atom. The van der Waals surface area contributed by atoms with Crippen molar-refractivity contribution in [1.29, 1.82) is 5.26 Å². The average molecular weight is 345 g/mol. The van der Waals surface area contributed by atoms with Crippen LogP contribution >= 0.6 is 15.9 Å². The minimum Gasteiger partial charge on any atom is -0.457 e. The van der Waals surface area contributed by atoms with Gasteiger partial charge in [0.05, 0.1) is 11.6 Å². The fourth-order valence-corrected chi connectivity index (χ4v) is 2.69. The van der Waals surface area contributed by atoms with Crippen LogP contribution in [-0.4, -0.2) is 7.05 Å². The van der Waals surface area contributed by atoms with Crippen molar-refractivity contribution < 1.29 is 4.74 Å². The van der Waals surface area contributed by atoms with E-state index in [0.29, 0.717) is 11.3 Å². The molecule has 2 aromatic rings. The van der Waals surface area contributed by atoms with Crippen molar-refractivity contribution in [2.24, 2.45) is 0 Å². The Morgan fingerprint density at radius 2 is 2.00 bits per heavy atom. The number of benzene rings is 2. The van der Waals surface area contributed by atoms with Crippen molar-refractivity contribution in [2.45, 2.75) is 19.9 Å². The zero-order valence-corrected chi connectivity index (χ0v) is 13.9. The second kappa shape index (κ2) is 6.75. The van der Waals surface area contributed by atoms with E-state index in [2.05, 4.69) is 34.2 Å². The molecule has 3 nitrogen and oxygen atoms in total. The molecule has 21 heavy (non-hydrogen) atoms. The van der Waals surface area contributed by atoms with Crippen LogP contribution in [0.4, 0.5) is 0 Å². The summed E-state index contributed by atoms with van der Waals surface area (Å²) in [6.07, 6.45) is 0. The lowest BCUT2D eigenvalue weighted by atomic mass is 10.1. The topological polar surface area (TPSA) is 45.0 Å². The van der Waals surface area contributed by atoms with E-state index in [1.54, 1.807) is 12.1 Å². The average Bonchev–Trinajstić information content (AvgIpc) is 2.49. The van der Waals surface area contributed by atoms with Crippen LogP contribution in [0, 0.1) is 18.3 Å². The van der Waals surface area contributed by atoms with Crippen LogP contribution < -0.4 is 10.1 Å². The molecule has 0 aromatic heterocycles. The zero-order chi connectivity index (χ0) is 15.4. The third-order valence-electron chi connectivity index (χ3n) is 3.42. The van der Waals surface area contributed by atoms with E-state index in [0.717, 1.165) is 15.8 Å². The second-order valence-electron chi connectivity index (χ2n) is 4.89. The summed E-state index contributed by atoms with van der Waals surface area (Å²) >= 11 is 3.58. The molecule has 0 aliphatic rings. The van der Waals surface area contributed by atoms with Gasteiger partial charge in [-0.25, -0.2) is 0 Å². The van der Waals surface area contributed by atoms with E-state index in [-0.39, 0.29) is 6.04 Å². The Hall–Kier alpha value is -1.83. The van der Waals surface area contributed by atoms with Gasteiger partial charge in [-0.3, -0.25) is 0 Å². The number of nitrogens with one attached hydrogen (secondary N) is 1. The number of nitrogens with zero attached hydrogens (tertiary/aromatic N) is 1. The molecule has 2 aromatic carbocycles. The Morgan fingerprint density at radius 1 is 1.24 bits per heavy atom. The summed E-state index contributed by atoms with van der Waals surface area (Å²) in [4.78, 5) is 0. The molecule has 0 saturated heterocycles. The number of hydrogen-bond donors (Lipinski definition) is 1. The predicted octanol–water partition coefficient (Wildman–Crippen LogP) is 4.70. The molecule has 4 heteroatoms. The minimum absolute atomic E-state index is 0.261. The quantitative estimate of drug-likeness (QED) is 0.873. The summed E-state index contributed by atoms with van der Waals surface area (Å²) in [5.74, 6) is 1.45. The molecule has 0 fully saturated rings. The molecule has 0 bridgehead atoms. The summed E-state index contributed by atoms with van der Waals surface area (Å²) in [6, 6.07) is 13.7. The highest BCUT2D eigenvalue weighted by atomic mass is 79.9. The molecule has 1 unspecified atom stereocenters. The fraction of sp³-hybridized carbons (Fsp3) is 0.235. The lowest BCUT2D eigenvalue weighted by Crippen LogP contribution is -2.12. The Bertz CT molecular complexity index is 692. The maximum Gasteiger partial charge on any atom is 0.131 e. The summed E-state index contributed by atoms with van der Waals surface area (Å²) in [5, 5.41) is 12.2. The molecule has 1 N–H and O–H groups in total. The third-order valence-corrected chi connectivity index (χ3v) is 4.10. The Kier molecular flexibility index (Phi) is 5.00. The van der Waals surface area contributed by atoms with Gasteiger partial charge in [-0.05, 0) is 56.3 Å². The molecule has 0 aliphatic carbocycles. The normalized spacial score (nSPS) is 11.8. The predicted molar refractivity (Wildman–Crippen MR) is 87.6 cm³/mol. The van der Waals surface area contributed by atoms with Gasteiger partial charge in [0, 0.05) is 10.5 Å². The first-order valence-corrected chi connectivity index (χ1v) is 7.49. The van der Waals surface area contributed by atoms with Crippen molar-refractivity contribution in [3.05, 3.63) is 57.6 Å². The maximum atomic E-state index is 8.97. The molecule has 0 spiro atoms. The smallest absolute Gasteiger partial charge is 0.131 e. The molecule has 1 atom stereocenters. The highest BCUT2D eigenvalue weighted by Crippen LogP contribution is 2.31. The van der Waals surface area contributed by atoms with Gasteiger partial charge >= 0.3 is 0 Å². The van der Waals surface area contributed by atoms with Crippen molar-refractivity contribution in [2.75, 3.05) is 7.05 Å². The molecule has 0 amide bonds. The van der Waals surface area contributed by atoms with Crippen LogP contribution in [0.5, 0.6) is 11.5 Å². The summed E-state index contributed by atoms with van der Waals surface area (Å²) in [7, 11) is 1.93. The standard InChI is InChI=1S/C17H17BrN2O/c1-11-4-5-13(10-19)8-17(11)21-14-6-7-15(12(2)20-3)16(18)9-14/h4-9,12,20H,1-3H3. The first-order chi connectivity index (χ1) is 10.0. The third kappa shape index (κ3) is 3.63. The highest BCUT2D eigenvalue weighted by Gasteiger charge is 2.09. The lowest BCUT2D eigenvalue weighted by Gasteiger charge is -2.15. The summed E-state index contributed by atoms with van der Waals surface area (Å²) in [6.45, 7) is 4.06. The van der Waals surface area contributed by atoms with Crippen molar-refractivity contribution in [3.63, 3.8) is 0 Å². The number of aryl methyl sites for hydroxylation is 1. The van der Waals surface area contributed by atoms with Gasteiger partial charge in [0.2, 0.25) is 0 Å². The monoisotopic (exact) mass is 344 g/mol. The molecular formula is C17H17BrN2O. The first kappa shape index (κ1) is 15.6. The molecule has 0 radical (unpaired) electrons. The Labute approximate surface area is 133 Å². The molecule has 0 heterocycles. The van der Waals surface area contributed by atoms with E-state index in [1.807, 2.05) is 38.2 Å². The fourth-order valence-electron chi connectivity index (χ4n) is 1.98. The van der Waals surface area contributed by atoms with Crippen molar-refractivity contribution in [1.82, 2.24) is 5.32 Å². The molecule has 0 aliphatic heterocycles. The van der Waals surface area contributed by atoms with E-state index >= 15 is 0 Å². The molecular weight excluding hydrogens is 328 g/mol. The molecule has 2 rings (SSSR count). The second-order valence-corrected chi connectivity index (χ2v) is 5.74. The van der Waals surface area contributed by atoms with Crippen LogP contribution in [0.25, 0.3) is 0 Å². The maximum absolute atomic E-state index is 8.97. The van der Waals surface area contributed by atoms with Gasteiger partial charge in [0.25, 0.3) is 0 Å². The largest absolute Gasteiger partial charge is 0.457 e. The number of hydrogen-bond acceptors (Lipinski definition) is 3. The van der Waals surface area contributed by atoms with E-state index < -0.39 is 0 Å². The summed E-state index contributed by atoms with van der Waals surface area (Å²) < 4.78 is 6.90. The van der Waals surface area contributed by atoms with Gasteiger partial charge < -0.3 is 10.1 Å². The van der Waals surface area contributed by atoms with Crippen molar-refractivity contribution in [3.8, 4) is 17.6 Å². The van der Waals surface area contributed by atoms with Crippen LogP contribution in [0.15, 0.2) is 40.9 Å². The van der Waals surface area contributed by atoms with Gasteiger partial charge in [0.15, 0.2) is 0 Å². The lowest BCUT2D eigenvalue weighted by molar-refractivity contribution is 0.477. The summed E-state index contributed by atoms with van der Waals surface area (Å²) in [5.41, 5.74) is 2.76. The van der Waals surface area contributed by atoms with Crippen LogP contribution in [-0.2, 0) is 0 Å². The number of halogens is 1. The zero-order valence-electron chi connectivity index (χ0n) is 12.3. The number of rotatable bonds is 4. The van der Waals surface area contributed by atoms with Gasteiger partial charge in [-0.1, -0.05) is 28.1 Å². The number of ether oxygens (including phenoxy) is 1. The Balaban J connectivity index is 2.29. The molecule has 0 saturated carbocycles. The van der Waals surface area contributed by atoms with Crippen LogP contribution in [0.1, 0.15) is 29.7 Å². The minimum atomic E-state index is 0.261.